The van der Waals surface area contributed by atoms with Gasteiger partial charge in [-0.1, -0.05) is 35.3 Å². The van der Waals surface area contributed by atoms with Crippen LogP contribution >= 0.6 is 23.2 Å². The van der Waals surface area contributed by atoms with Crippen LogP contribution < -0.4 is 4.72 Å². The molecule has 1 heterocycles. The minimum Gasteiger partial charge on any atom is -0.372 e. The zero-order valence-corrected chi connectivity index (χ0v) is 17.7. The van der Waals surface area contributed by atoms with Crippen LogP contribution in [0.3, 0.4) is 0 Å². The number of carbonyl (C=O) groups excluding carboxylic acids is 1. The summed E-state index contributed by atoms with van der Waals surface area (Å²) >= 11 is 11.8. The van der Waals surface area contributed by atoms with Gasteiger partial charge < -0.3 is 9.64 Å². The highest BCUT2D eigenvalue weighted by Crippen LogP contribution is 2.26. The zero-order chi connectivity index (χ0) is 20.5. The van der Waals surface area contributed by atoms with Crippen LogP contribution in [-0.4, -0.2) is 44.5 Å². The molecule has 3 rings (SSSR count). The average Bonchev–Trinajstić information content (AvgIpc) is 2.59. The Hall–Kier alpha value is -1.80. The lowest BCUT2D eigenvalue weighted by molar-refractivity contribution is -0.0585. The fourth-order valence-corrected chi connectivity index (χ4v) is 4.97. The molecule has 9 heteroatoms. The van der Waals surface area contributed by atoms with Crippen molar-refractivity contribution in [3.63, 3.8) is 0 Å². The SMILES string of the molecule is C[C@@H]1CN(C(=O)c2ccccc2NS(=O)(=O)c2cc(Cl)cc(Cl)c2)C[C@@H](C)O1. The Labute approximate surface area is 174 Å². The van der Waals surface area contributed by atoms with Crippen molar-refractivity contribution in [2.75, 3.05) is 17.8 Å². The number of nitrogens with one attached hydrogen (secondary N) is 1. The Morgan fingerprint density at radius 3 is 2.25 bits per heavy atom. The zero-order valence-electron chi connectivity index (χ0n) is 15.4. The molecule has 1 fully saturated rings. The third kappa shape index (κ3) is 4.78. The number of ether oxygens (including phenoxy) is 1. The molecular formula is C19H20Cl2N2O4S. The second-order valence-electron chi connectivity index (χ2n) is 6.72. The Morgan fingerprint density at radius 1 is 1.07 bits per heavy atom. The first-order valence-electron chi connectivity index (χ1n) is 8.68. The second-order valence-corrected chi connectivity index (χ2v) is 9.28. The van der Waals surface area contributed by atoms with Gasteiger partial charge in [0.15, 0.2) is 0 Å². The average molecular weight is 443 g/mol. The molecule has 0 spiro atoms. The minimum atomic E-state index is -3.98. The van der Waals surface area contributed by atoms with Crippen LogP contribution in [-0.2, 0) is 14.8 Å². The molecule has 150 valence electrons. The highest BCUT2D eigenvalue weighted by Gasteiger charge is 2.28. The summed E-state index contributed by atoms with van der Waals surface area (Å²) < 4.78 is 33.7. The third-order valence-corrected chi connectivity index (χ3v) is 6.04. The number of hydrogen-bond donors (Lipinski definition) is 1. The molecule has 28 heavy (non-hydrogen) atoms. The Balaban J connectivity index is 1.91. The van der Waals surface area contributed by atoms with Gasteiger partial charge in [0, 0.05) is 23.1 Å². The summed E-state index contributed by atoms with van der Waals surface area (Å²) in [6, 6.07) is 10.5. The third-order valence-electron chi connectivity index (χ3n) is 4.25. The van der Waals surface area contributed by atoms with E-state index in [4.69, 9.17) is 27.9 Å². The van der Waals surface area contributed by atoms with E-state index in [2.05, 4.69) is 4.72 Å². The summed E-state index contributed by atoms with van der Waals surface area (Å²) in [6.07, 6.45) is -0.185. The molecule has 2 aromatic carbocycles. The molecule has 0 aliphatic carbocycles. The number of anilines is 1. The van der Waals surface area contributed by atoms with E-state index in [0.717, 1.165) is 0 Å². The number of sulfonamides is 1. The van der Waals surface area contributed by atoms with Gasteiger partial charge >= 0.3 is 0 Å². The van der Waals surface area contributed by atoms with Crippen molar-refractivity contribution >= 4 is 44.8 Å². The largest absolute Gasteiger partial charge is 0.372 e. The van der Waals surface area contributed by atoms with Gasteiger partial charge in [-0.15, -0.1) is 0 Å². The van der Waals surface area contributed by atoms with Crippen LogP contribution in [0.5, 0.6) is 0 Å². The molecule has 6 nitrogen and oxygen atoms in total. The molecule has 1 N–H and O–H groups in total. The molecule has 0 radical (unpaired) electrons. The quantitative estimate of drug-likeness (QED) is 0.774. The van der Waals surface area contributed by atoms with Crippen LogP contribution in [0.1, 0.15) is 24.2 Å². The number of para-hydroxylation sites is 1. The van der Waals surface area contributed by atoms with Crippen molar-refractivity contribution in [3.05, 3.63) is 58.1 Å². The van der Waals surface area contributed by atoms with Crippen LogP contribution in [0.15, 0.2) is 47.4 Å². The van der Waals surface area contributed by atoms with E-state index < -0.39 is 10.0 Å². The number of amides is 1. The summed E-state index contributed by atoms with van der Waals surface area (Å²) in [7, 11) is -3.98. The normalized spacial score (nSPS) is 20.1. The maximum atomic E-state index is 13.0. The predicted molar refractivity (Wildman–Crippen MR) is 110 cm³/mol. The maximum absolute atomic E-state index is 13.0. The highest BCUT2D eigenvalue weighted by atomic mass is 35.5. The van der Waals surface area contributed by atoms with Crippen LogP contribution in [0, 0.1) is 0 Å². The van der Waals surface area contributed by atoms with Crippen LogP contribution in [0.4, 0.5) is 5.69 Å². The van der Waals surface area contributed by atoms with Gasteiger partial charge in [0.2, 0.25) is 0 Å². The fourth-order valence-electron chi connectivity index (χ4n) is 3.16. The number of halogens is 2. The number of benzene rings is 2. The molecule has 0 unspecified atom stereocenters. The van der Waals surface area contributed by atoms with Crippen molar-refractivity contribution in [2.24, 2.45) is 0 Å². The van der Waals surface area contributed by atoms with E-state index >= 15 is 0 Å². The first kappa shape index (κ1) is 20.9. The maximum Gasteiger partial charge on any atom is 0.262 e. The second kappa shape index (κ2) is 8.29. The molecule has 0 aromatic heterocycles. The van der Waals surface area contributed by atoms with E-state index in [-0.39, 0.29) is 44.3 Å². The monoisotopic (exact) mass is 442 g/mol. The molecule has 0 saturated carbocycles. The lowest BCUT2D eigenvalue weighted by Crippen LogP contribution is -2.48. The minimum absolute atomic E-state index is 0.0825. The molecule has 1 aliphatic rings. The van der Waals surface area contributed by atoms with Gasteiger partial charge in [-0.05, 0) is 44.2 Å². The molecule has 2 atom stereocenters. The van der Waals surface area contributed by atoms with Crippen LogP contribution in [0.25, 0.3) is 0 Å². The van der Waals surface area contributed by atoms with E-state index in [1.165, 1.54) is 18.2 Å². The predicted octanol–water partition coefficient (Wildman–Crippen LogP) is 4.04. The number of rotatable bonds is 4. The Morgan fingerprint density at radius 2 is 1.64 bits per heavy atom. The Kier molecular flexibility index (Phi) is 6.19. The first-order valence-corrected chi connectivity index (χ1v) is 10.9. The lowest BCUT2D eigenvalue weighted by atomic mass is 10.1. The van der Waals surface area contributed by atoms with Crippen molar-refractivity contribution < 1.29 is 17.9 Å². The summed E-state index contributed by atoms with van der Waals surface area (Å²) in [5.41, 5.74) is 0.455. The number of morpholine rings is 1. The topological polar surface area (TPSA) is 75.7 Å². The summed E-state index contributed by atoms with van der Waals surface area (Å²) in [5, 5.41) is 0.405. The number of hydrogen-bond acceptors (Lipinski definition) is 4. The van der Waals surface area contributed by atoms with E-state index in [1.54, 1.807) is 29.2 Å². The Bertz CT molecular complexity index is 967. The van der Waals surface area contributed by atoms with Gasteiger partial charge in [-0.25, -0.2) is 8.42 Å². The van der Waals surface area contributed by atoms with E-state index in [1.807, 2.05) is 13.8 Å². The molecule has 2 aromatic rings. The number of nitrogens with zero attached hydrogens (tertiary/aromatic N) is 1. The van der Waals surface area contributed by atoms with Gasteiger partial charge in [0.25, 0.3) is 15.9 Å². The molecule has 0 bridgehead atoms. The van der Waals surface area contributed by atoms with E-state index in [9.17, 15) is 13.2 Å². The molecule has 1 aliphatic heterocycles. The summed E-state index contributed by atoms with van der Waals surface area (Å²) in [6.45, 7) is 4.67. The fraction of sp³-hybridized carbons (Fsp3) is 0.316. The van der Waals surface area contributed by atoms with Crippen molar-refractivity contribution in [1.82, 2.24) is 4.90 Å². The molecular weight excluding hydrogens is 423 g/mol. The van der Waals surface area contributed by atoms with Gasteiger partial charge in [0.05, 0.1) is 28.4 Å². The van der Waals surface area contributed by atoms with Crippen molar-refractivity contribution in [2.45, 2.75) is 31.0 Å². The lowest BCUT2D eigenvalue weighted by Gasteiger charge is -2.35. The standard InChI is InChI=1S/C19H20Cl2N2O4S/c1-12-10-23(11-13(2)27-12)19(24)17-5-3-4-6-18(17)22-28(25,26)16-8-14(20)7-15(21)9-16/h3-9,12-13,22H,10-11H2,1-2H3/t12-,13-/m1/s1. The van der Waals surface area contributed by atoms with Gasteiger partial charge in [0.1, 0.15) is 0 Å². The van der Waals surface area contributed by atoms with Crippen molar-refractivity contribution in [1.29, 1.82) is 0 Å². The smallest absolute Gasteiger partial charge is 0.262 e. The molecule has 1 amide bonds. The summed E-state index contributed by atoms with van der Waals surface area (Å²) in [4.78, 5) is 14.6. The van der Waals surface area contributed by atoms with Crippen molar-refractivity contribution in [3.8, 4) is 0 Å². The van der Waals surface area contributed by atoms with Crippen LogP contribution in [0.2, 0.25) is 10.0 Å². The molecule has 1 saturated heterocycles. The highest BCUT2D eigenvalue weighted by molar-refractivity contribution is 7.92. The number of carbonyl (C=O) groups is 1. The summed E-state index contributed by atoms with van der Waals surface area (Å²) in [5.74, 6) is -0.260. The van der Waals surface area contributed by atoms with Gasteiger partial charge in [-0.2, -0.15) is 0 Å². The van der Waals surface area contributed by atoms with Gasteiger partial charge in [-0.3, -0.25) is 9.52 Å². The first-order chi connectivity index (χ1) is 13.2. The van der Waals surface area contributed by atoms with E-state index in [0.29, 0.717) is 13.1 Å².